The molecule has 0 bridgehead atoms. The minimum atomic E-state index is -0.0999. The van der Waals surface area contributed by atoms with Gasteiger partial charge < -0.3 is 10.5 Å². The van der Waals surface area contributed by atoms with Crippen LogP contribution < -0.4 is 10.5 Å². The summed E-state index contributed by atoms with van der Waals surface area (Å²) in [4.78, 5) is 12.6. The number of nitrogens with two attached hydrogens (primary N) is 1. The van der Waals surface area contributed by atoms with Gasteiger partial charge in [-0.1, -0.05) is 32.9 Å². The molecule has 0 aromatic heterocycles. The summed E-state index contributed by atoms with van der Waals surface area (Å²) in [7, 11) is 1.64. The van der Waals surface area contributed by atoms with Crippen LogP contribution in [0.1, 0.15) is 42.3 Å². The van der Waals surface area contributed by atoms with Crippen molar-refractivity contribution in [1.29, 1.82) is 0 Å². The highest BCUT2D eigenvalue weighted by Crippen LogP contribution is 2.32. The van der Waals surface area contributed by atoms with Crippen molar-refractivity contribution < 1.29 is 9.53 Å². The fourth-order valence-electron chi connectivity index (χ4n) is 2.28. The van der Waals surface area contributed by atoms with Crippen molar-refractivity contribution in [2.45, 2.75) is 26.2 Å². The van der Waals surface area contributed by atoms with Gasteiger partial charge in [-0.3, -0.25) is 4.79 Å². The number of methoxy groups -OCH3 is 1. The molecule has 0 saturated heterocycles. The van der Waals surface area contributed by atoms with Gasteiger partial charge >= 0.3 is 0 Å². The molecule has 110 valence electrons. The quantitative estimate of drug-likeness (QED) is 0.688. The van der Waals surface area contributed by atoms with E-state index >= 15 is 0 Å². The normalized spacial score (nSPS) is 11.2. The molecule has 0 aliphatic rings. The number of ketones is 1. The molecule has 3 nitrogen and oxygen atoms in total. The van der Waals surface area contributed by atoms with E-state index in [1.165, 1.54) is 0 Å². The van der Waals surface area contributed by atoms with E-state index in [1.54, 1.807) is 37.4 Å². The van der Waals surface area contributed by atoms with E-state index in [9.17, 15) is 4.79 Å². The van der Waals surface area contributed by atoms with E-state index in [1.807, 2.05) is 12.1 Å². The summed E-state index contributed by atoms with van der Waals surface area (Å²) in [6.45, 7) is 6.29. The fourth-order valence-corrected chi connectivity index (χ4v) is 2.28. The van der Waals surface area contributed by atoms with Gasteiger partial charge in [-0.05, 0) is 35.7 Å². The molecule has 0 radical (unpaired) electrons. The van der Waals surface area contributed by atoms with Crippen LogP contribution in [0.2, 0.25) is 0 Å². The molecule has 0 spiro atoms. The number of carbonyl (C=O) groups excluding carboxylic acids is 1. The highest BCUT2D eigenvalue weighted by Gasteiger charge is 2.21. The zero-order chi connectivity index (χ0) is 15.6. The van der Waals surface area contributed by atoms with Gasteiger partial charge in [-0.25, -0.2) is 0 Å². The van der Waals surface area contributed by atoms with Crippen LogP contribution in [-0.2, 0) is 5.41 Å². The molecule has 0 unspecified atom stereocenters. The smallest absolute Gasteiger partial charge is 0.193 e. The lowest BCUT2D eigenvalue weighted by Crippen LogP contribution is -2.14. The van der Waals surface area contributed by atoms with Crippen LogP contribution in [0, 0.1) is 0 Å². The molecule has 3 heteroatoms. The molecule has 0 heterocycles. The van der Waals surface area contributed by atoms with E-state index in [2.05, 4.69) is 20.8 Å². The van der Waals surface area contributed by atoms with Crippen LogP contribution in [0.3, 0.4) is 0 Å². The van der Waals surface area contributed by atoms with Crippen LogP contribution in [0.15, 0.2) is 42.5 Å². The summed E-state index contributed by atoms with van der Waals surface area (Å²) >= 11 is 0. The standard InChI is InChI=1S/C18H21NO2/c1-18(2,3)15-11-13(8-9-16(15)21-4)17(20)12-6-5-7-14(19)10-12/h5-11H,19H2,1-4H3. The first-order valence-corrected chi connectivity index (χ1v) is 6.91. The average molecular weight is 283 g/mol. The Hall–Kier alpha value is -2.29. The summed E-state index contributed by atoms with van der Waals surface area (Å²) in [5, 5.41) is 0. The monoisotopic (exact) mass is 283 g/mol. The van der Waals surface area contributed by atoms with Crippen LogP contribution >= 0.6 is 0 Å². The van der Waals surface area contributed by atoms with Crippen molar-refractivity contribution in [3.05, 3.63) is 59.2 Å². The van der Waals surface area contributed by atoms with Gasteiger partial charge in [0, 0.05) is 22.4 Å². The van der Waals surface area contributed by atoms with Gasteiger partial charge in [-0.2, -0.15) is 0 Å². The summed E-state index contributed by atoms with van der Waals surface area (Å²) in [5.41, 5.74) is 8.49. The molecule has 21 heavy (non-hydrogen) atoms. The summed E-state index contributed by atoms with van der Waals surface area (Å²) in [6.07, 6.45) is 0. The number of carbonyl (C=O) groups is 1. The number of hydrogen-bond acceptors (Lipinski definition) is 3. The lowest BCUT2D eigenvalue weighted by Gasteiger charge is -2.22. The summed E-state index contributed by atoms with van der Waals surface area (Å²) in [5.74, 6) is 0.766. The molecule has 0 aliphatic heterocycles. The molecule has 0 aliphatic carbocycles. The highest BCUT2D eigenvalue weighted by molar-refractivity contribution is 6.09. The number of benzene rings is 2. The second kappa shape index (κ2) is 5.60. The van der Waals surface area contributed by atoms with E-state index in [4.69, 9.17) is 10.5 Å². The Morgan fingerprint density at radius 3 is 2.29 bits per heavy atom. The predicted octanol–water partition coefficient (Wildman–Crippen LogP) is 3.81. The second-order valence-corrected chi connectivity index (χ2v) is 6.12. The zero-order valence-electron chi connectivity index (χ0n) is 12.9. The van der Waals surface area contributed by atoms with Crippen molar-refractivity contribution in [2.24, 2.45) is 0 Å². The Labute approximate surface area is 125 Å². The van der Waals surface area contributed by atoms with Gasteiger partial charge in [0.2, 0.25) is 0 Å². The molecule has 0 amide bonds. The first kappa shape index (κ1) is 15.1. The number of nitrogen functional groups attached to an aromatic ring is 1. The van der Waals surface area contributed by atoms with Gasteiger partial charge in [-0.15, -0.1) is 0 Å². The molecule has 0 atom stereocenters. The molecular weight excluding hydrogens is 262 g/mol. The maximum Gasteiger partial charge on any atom is 0.193 e. The minimum Gasteiger partial charge on any atom is -0.496 e. The van der Waals surface area contributed by atoms with Crippen LogP contribution in [0.25, 0.3) is 0 Å². The summed E-state index contributed by atoms with van der Waals surface area (Å²) in [6, 6.07) is 12.6. The zero-order valence-corrected chi connectivity index (χ0v) is 12.9. The first-order chi connectivity index (χ1) is 9.82. The van der Waals surface area contributed by atoms with Crippen molar-refractivity contribution in [3.63, 3.8) is 0 Å². The largest absolute Gasteiger partial charge is 0.496 e. The maximum absolute atomic E-state index is 12.6. The number of ether oxygens (including phenoxy) is 1. The molecule has 2 rings (SSSR count). The molecule has 2 aromatic carbocycles. The molecule has 0 fully saturated rings. The SMILES string of the molecule is COc1ccc(C(=O)c2cccc(N)c2)cc1C(C)(C)C. The van der Waals surface area contributed by atoms with E-state index in [-0.39, 0.29) is 11.2 Å². The fraction of sp³-hybridized carbons (Fsp3) is 0.278. The predicted molar refractivity (Wildman–Crippen MR) is 86.0 cm³/mol. The van der Waals surface area contributed by atoms with Crippen molar-refractivity contribution in [3.8, 4) is 5.75 Å². The van der Waals surface area contributed by atoms with Gasteiger partial charge in [0.1, 0.15) is 5.75 Å². The van der Waals surface area contributed by atoms with Gasteiger partial charge in [0.15, 0.2) is 5.78 Å². The Bertz CT molecular complexity index is 669. The Morgan fingerprint density at radius 2 is 1.71 bits per heavy atom. The van der Waals surface area contributed by atoms with Crippen molar-refractivity contribution >= 4 is 11.5 Å². The van der Waals surface area contributed by atoms with Crippen LogP contribution in [0.5, 0.6) is 5.75 Å². The van der Waals surface area contributed by atoms with E-state index in [0.717, 1.165) is 11.3 Å². The van der Waals surface area contributed by atoms with Gasteiger partial charge in [0.25, 0.3) is 0 Å². The number of hydrogen-bond donors (Lipinski definition) is 1. The van der Waals surface area contributed by atoms with Crippen LogP contribution in [-0.4, -0.2) is 12.9 Å². The Balaban J connectivity index is 2.48. The van der Waals surface area contributed by atoms with Crippen LogP contribution in [0.4, 0.5) is 5.69 Å². The first-order valence-electron chi connectivity index (χ1n) is 6.91. The Morgan fingerprint density at radius 1 is 1.05 bits per heavy atom. The van der Waals surface area contributed by atoms with E-state index < -0.39 is 0 Å². The summed E-state index contributed by atoms with van der Waals surface area (Å²) < 4.78 is 5.40. The Kier molecular flexibility index (Phi) is 4.03. The minimum absolute atomic E-state index is 0.0320. The lowest BCUT2D eigenvalue weighted by molar-refractivity contribution is 0.103. The second-order valence-electron chi connectivity index (χ2n) is 6.12. The topological polar surface area (TPSA) is 52.3 Å². The van der Waals surface area contributed by atoms with E-state index in [0.29, 0.717) is 16.8 Å². The molecule has 0 saturated carbocycles. The lowest BCUT2D eigenvalue weighted by atomic mass is 9.84. The molecule has 2 N–H and O–H groups in total. The molecule has 2 aromatic rings. The number of rotatable bonds is 3. The highest BCUT2D eigenvalue weighted by atomic mass is 16.5. The third-order valence-electron chi connectivity index (χ3n) is 3.42. The van der Waals surface area contributed by atoms with Gasteiger partial charge in [0.05, 0.1) is 7.11 Å². The third kappa shape index (κ3) is 3.24. The number of anilines is 1. The third-order valence-corrected chi connectivity index (χ3v) is 3.42. The van der Waals surface area contributed by atoms with Crippen molar-refractivity contribution in [1.82, 2.24) is 0 Å². The van der Waals surface area contributed by atoms with Crippen molar-refractivity contribution in [2.75, 3.05) is 12.8 Å². The average Bonchev–Trinajstić information content (AvgIpc) is 2.45. The maximum atomic E-state index is 12.6. The molecular formula is C18H21NO2.